The van der Waals surface area contributed by atoms with Crippen molar-refractivity contribution in [3.63, 3.8) is 0 Å². The van der Waals surface area contributed by atoms with Gasteiger partial charge in [-0.15, -0.1) is 0 Å². The molecule has 120 valence electrons. The van der Waals surface area contributed by atoms with E-state index in [1.165, 1.54) is 6.07 Å². The van der Waals surface area contributed by atoms with Crippen molar-refractivity contribution < 1.29 is 9.02 Å². The predicted molar refractivity (Wildman–Crippen MR) is 85.5 cm³/mol. The highest BCUT2D eigenvalue weighted by Gasteiger charge is 2.15. The summed E-state index contributed by atoms with van der Waals surface area (Å²) >= 11 is 0. The van der Waals surface area contributed by atoms with E-state index in [9.17, 15) is 4.39 Å². The molecule has 0 radical (unpaired) electrons. The van der Waals surface area contributed by atoms with Gasteiger partial charge in [-0.25, -0.2) is 14.0 Å². The minimum Gasteiger partial charge on any atom is -0.396 e. The molecule has 0 amide bonds. The number of nitrogens with zero attached hydrogens (tertiary/aromatic N) is 5. The number of fused-ring (bicyclic) bond motifs is 1. The molecule has 3 heterocycles. The molecule has 0 atom stereocenters. The summed E-state index contributed by atoms with van der Waals surface area (Å²) in [5, 5.41) is 11.8. The summed E-state index contributed by atoms with van der Waals surface area (Å²) in [7, 11) is 0. The molecule has 0 unspecified atom stereocenters. The number of nitrogen functional groups attached to an aromatic ring is 1. The molecule has 0 aliphatic heterocycles. The first-order valence-electron chi connectivity index (χ1n) is 7.28. The average molecular weight is 324 g/mol. The summed E-state index contributed by atoms with van der Waals surface area (Å²) in [6.45, 7) is 2.23. The minimum atomic E-state index is -0.287. The fourth-order valence-corrected chi connectivity index (χ4v) is 2.64. The van der Waals surface area contributed by atoms with E-state index in [-0.39, 0.29) is 5.82 Å². The lowest BCUT2D eigenvalue weighted by atomic mass is 10.1. The molecule has 8 heteroatoms. The molecule has 2 N–H and O–H groups in total. The molecule has 0 aliphatic carbocycles. The van der Waals surface area contributed by atoms with Gasteiger partial charge in [-0.05, 0) is 23.3 Å². The number of halogens is 1. The molecule has 0 bridgehead atoms. The number of anilines is 1. The summed E-state index contributed by atoms with van der Waals surface area (Å²) in [5.74, 6) is -0.287. The van der Waals surface area contributed by atoms with Gasteiger partial charge >= 0.3 is 0 Å². The number of benzene rings is 1. The lowest BCUT2D eigenvalue weighted by molar-refractivity contribution is 0.315. The van der Waals surface area contributed by atoms with Crippen molar-refractivity contribution in [1.29, 1.82) is 0 Å². The number of pyridine rings is 1. The van der Waals surface area contributed by atoms with Crippen molar-refractivity contribution in [3.8, 4) is 11.1 Å². The first kappa shape index (κ1) is 14.3. The molecule has 7 nitrogen and oxygen atoms in total. The summed E-state index contributed by atoms with van der Waals surface area (Å²) in [4.78, 5) is 4.32. The number of aromatic nitrogens is 5. The molecule has 4 aromatic rings. The van der Waals surface area contributed by atoms with Crippen LogP contribution in [-0.4, -0.2) is 25.1 Å². The zero-order valence-electron chi connectivity index (χ0n) is 12.8. The van der Waals surface area contributed by atoms with Crippen molar-refractivity contribution in [2.75, 3.05) is 5.73 Å². The lowest BCUT2D eigenvalue weighted by Crippen LogP contribution is -2.07. The topological polar surface area (TPSA) is 95.6 Å². The van der Waals surface area contributed by atoms with Gasteiger partial charge in [-0.2, -0.15) is 5.10 Å². The molecule has 3 aromatic heterocycles. The third-order valence-corrected chi connectivity index (χ3v) is 3.90. The first-order chi connectivity index (χ1) is 11.6. The Morgan fingerprint density at radius 3 is 2.92 bits per heavy atom. The van der Waals surface area contributed by atoms with Gasteiger partial charge in [0.15, 0.2) is 5.52 Å². The third-order valence-electron chi connectivity index (χ3n) is 3.90. The van der Waals surface area contributed by atoms with Crippen LogP contribution >= 0.6 is 0 Å². The van der Waals surface area contributed by atoms with E-state index in [1.54, 1.807) is 35.3 Å². The van der Waals surface area contributed by atoms with Gasteiger partial charge in [-0.1, -0.05) is 18.2 Å². The Morgan fingerprint density at radius 1 is 1.25 bits per heavy atom. The molecule has 0 spiro atoms. The molecule has 0 fully saturated rings. The average Bonchev–Trinajstić information content (AvgIpc) is 3.21. The van der Waals surface area contributed by atoms with Crippen LogP contribution in [0.25, 0.3) is 22.3 Å². The number of rotatable bonds is 3. The van der Waals surface area contributed by atoms with Gasteiger partial charge in [0.05, 0.1) is 18.4 Å². The summed E-state index contributed by atoms with van der Waals surface area (Å²) in [6.07, 6.45) is 3.39. The van der Waals surface area contributed by atoms with Crippen LogP contribution in [0.1, 0.15) is 11.3 Å². The Bertz CT molecular complexity index is 1040. The van der Waals surface area contributed by atoms with Gasteiger partial charge in [0.25, 0.3) is 0 Å². The third kappa shape index (κ3) is 2.28. The molecule has 0 saturated heterocycles. The van der Waals surface area contributed by atoms with Crippen molar-refractivity contribution in [3.05, 3.63) is 53.7 Å². The SMILES string of the molecule is Cc1nc2nonc2c(N)c1Cn1cc(-c2ccccc2F)cn1. The molecule has 1 aromatic carbocycles. The van der Waals surface area contributed by atoms with Gasteiger partial charge in [0.2, 0.25) is 5.65 Å². The minimum absolute atomic E-state index is 0.287. The van der Waals surface area contributed by atoms with E-state index < -0.39 is 0 Å². The normalized spacial score (nSPS) is 11.2. The van der Waals surface area contributed by atoms with Crippen molar-refractivity contribution >= 4 is 16.9 Å². The van der Waals surface area contributed by atoms with Crippen molar-refractivity contribution in [1.82, 2.24) is 25.1 Å². The molecular weight excluding hydrogens is 311 g/mol. The number of hydrogen-bond acceptors (Lipinski definition) is 6. The van der Waals surface area contributed by atoms with Gasteiger partial charge < -0.3 is 5.73 Å². The first-order valence-corrected chi connectivity index (χ1v) is 7.28. The van der Waals surface area contributed by atoms with E-state index in [1.807, 2.05) is 6.92 Å². The van der Waals surface area contributed by atoms with Crippen LogP contribution in [0.3, 0.4) is 0 Å². The van der Waals surface area contributed by atoms with Crippen LogP contribution < -0.4 is 5.73 Å². The highest BCUT2D eigenvalue weighted by molar-refractivity contribution is 5.85. The smallest absolute Gasteiger partial charge is 0.226 e. The standard InChI is InChI=1S/C16H13FN6O/c1-9-12(14(18)15-16(20-9)22-24-21-15)8-23-7-10(6-19-23)11-4-2-3-5-13(11)17/h2-7H,8,18H2,1H3. The van der Waals surface area contributed by atoms with Crippen molar-refractivity contribution in [2.24, 2.45) is 0 Å². The van der Waals surface area contributed by atoms with Crippen LogP contribution in [0.5, 0.6) is 0 Å². The highest BCUT2D eigenvalue weighted by Crippen LogP contribution is 2.25. The van der Waals surface area contributed by atoms with E-state index >= 15 is 0 Å². The van der Waals surface area contributed by atoms with Gasteiger partial charge in [0, 0.05) is 28.6 Å². The molecular formula is C16H13FN6O. The van der Waals surface area contributed by atoms with E-state index in [0.29, 0.717) is 34.5 Å². The second-order valence-corrected chi connectivity index (χ2v) is 5.43. The zero-order valence-corrected chi connectivity index (χ0v) is 12.8. The van der Waals surface area contributed by atoms with Gasteiger partial charge in [0.1, 0.15) is 5.82 Å². The maximum absolute atomic E-state index is 13.9. The Hall–Kier alpha value is -3.29. The lowest BCUT2D eigenvalue weighted by Gasteiger charge is -2.08. The molecule has 0 saturated carbocycles. The summed E-state index contributed by atoms with van der Waals surface area (Å²) < 4.78 is 20.2. The zero-order chi connectivity index (χ0) is 16.7. The Balaban J connectivity index is 1.71. The maximum atomic E-state index is 13.9. The highest BCUT2D eigenvalue weighted by atomic mass is 19.1. The molecule has 4 rings (SSSR count). The Kier molecular flexibility index (Phi) is 3.23. The van der Waals surface area contributed by atoms with Crippen LogP contribution in [0.4, 0.5) is 10.1 Å². The molecule has 24 heavy (non-hydrogen) atoms. The predicted octanol–water partition coefficient (Wildman–Crippen LogP) is 2.56. The second kappa shape index (κ2) is 5.41. The molecule has 0 aliphatic rings. The monoisotopic (exact) mass is 324 g/mol. The quantitative estimate of drug-likeness (QED) is 0.622. The van der Waals surface area contributed by atoms with E-state index in [4.69, 9.17) is 5.73 Å². The number of nitrogens with two attached hydrogens (primary N) is 1. The van der Waals surface area contributed by atoms with Crippen molar-refractivity contribution in [2.45, 2.75) is 13.5 Å². The number of hydrogen-bond donors (Lipinski definition) is 1. The van der Waals surface area contributed by atoms with E-state index in [0.717, 1.165) is 11.3 Å². The Morgan fingerprint density at radius 2 is 2.08 bits per heavy atom. The maximum Gasteiger partial charge on any atom is 0.226 e. The number of aryl methyl sites for hydroxylation is 1. The fraction of sp³-hybridized carbons (Fsp3) is 0.125. The fourth-order valence-electron chi connectivity index (χ4n) is 2.64. The van der Waals surface area contributed by atoms with E-state index in [2.05, 4.69) is 25.0 Å². The van der Waals surface area contributed by atoms with Crippen LogP contribution in [0, 0.1) is 12.7 Å². The van der Waals surface area contributed by atoms with Gasteiger partial charge in [-0.3, -0.25) is 4.68 Å². The van der Waals surface area contributed by atoms with Crippen LogP contribution in [-0.2, 0) is 6.54 Å². The summed E-state index contributed by atoms with van der Waals surface area (Å²) in [6, 6.07) is 6.57. The van der Waals surface area contributed by atoms with Crippen LogP contribution in [0.2, 0.25) is 0 Å². The van der Waals surface area contributed by atoms with Crippen LogP contribution in [0.15, 0.2) is 41.3 Å². The Labute approximate surface area is 135 Å². The largest absolute Gasteiger partial charge is 0.396 e. The summed E-state index contributed by atoms with van der Waals surface area (Å²) in [5.41, 5.74) is 10.1. The second-order valence-electron chi connectivity index (χ2n) is 5.43.